The van der Waals surface area contributed by atoms with E-state index in [0.29, 0.717) is 16.3 Å². The second kappa shape index (κ2) is 4.11. The SMILES string of the molecule is Cc1c(Cl)cccc1NC(=O)C(N)=O. The van der Waals surface area contributed by atoms with Crippen LogP contribution in [-0.2, 0) is 9.59 Å². The summed E-state index contributed by atoms with van der Waals surface area (Å²) in [5.41, 5.74) is 5.97. The van der Waals surface area contributed by atoms with Gasteiger partial charge < -0.3 is 11.1 Å². The molecule has 74 valence electrons. The molecule has 0 radical (unpaired) electrons. The Labute approximate surface area is 86.0 Å². The number of hydrogen-bond acceptors (Lipinski definition) is 2. The zero-order valence-electron chi connectivity index (χ0n) is 7.50. The standard InChI is InChI=1S/C9H9ClN2O2/c1-5-6(10)3-2-4-7(5)12-9(14)8(11)13/h2-4H,1H3,(H2,11,13)(H,12,14). The van der Waals surface area contributed by atoms with Crippen LogP contribution in [0.4, 0.5) is 5.69 Å². The predicted octanol–water partition coefficient (Wildman–Crippen LogP) is 1.07. The lowest BCUT2D eigenvalue weighted by atomic mass is 10.2. The van der Waals surface area contributed by atoms with Crippen molar-refractivity contribution in [3.05, 3.63) is 28.8 Å². The molecule has 0 fully saturated rings. The van der Waals surface area contributed by atoms with Gasteiger partial charge >= 0.3 is 11.8 Å². The first kappa shape index (κ1) is 10.5. The summed E-state index contributed by atoms with van der Waals surface area (Å²) in [7, 11) is 0. The lowest BCUT2D eigenvalue weighted by Gasteiger charge is -2.07. The summed E-state index contributed by atoms with van der Waals surface area (Å²) < 4.78 is 0. The number of hydrogen-bond donors (Lipinski definition) is 2. The number of halogens is 1. The lowest BCUT2D eigenvalue weighted by molar-refractivity contribution is -0.134. The summed E-state index contributed by atoms with van der Waals surface area (Å²) in [4.78, 5) is 21.4. The molecule has 0 unspecified atom stereocenters. The van der Waals surface area contributed by atoms with Gasteiger partial charge in [0.15, 0.2) is 0 Å². The number of carbonyl (C=O) groups excluding carboxylic acids is 2. The van der Waals surface area contributed by atoms with Crippen molar-refractivity contribution in [1.82, 2.24) is 0 Å². The van der Waals surface area contributed by atoms with Gasteiger partial charge in [0.1, 0.15) is 0 Å². The fourth-order valence-electron chi connectivity index (χ4n) is 0.927. The number of amides is 2. The Bertz CT molecular complexity index is 390. The van der Waals surface area contributed by atoms with Crippen molar-refractivity contribution in [2.24, 2.45) is 5.73 Å². The highest BCUT2D eigenvalue weighted by molar-refractivity contribution is 6.39. The second-order valence-corrected chi connectivity index (χ2v) is 3.14. The van der Waals surface area contributed by atoms with Crippen LogP contribution in [0.2, 0.25) is 5.02 Å². The van der Waals surface area contributed by atoms with Gasteiger partial charge in [-0.2, -0.15) is 0 Å². The number of benzene rings is 1. The van der Waals surface area contributed by atoms with Crippen molar-refractivity contribution in [1.29, 1.82) is 0 Å². The molecule has 0 aliphatic rings. The number of nitrogens with two attached hydrogens (primary N) is 1. The van der Waals surface area contributed by atoms with Crippen LogP contribution in [0.15, 0.2) is 18.2 Å². The van der Waals surface area contributed by atoms with E-state index in [-0.39, 0.29) is 0 Å². The molecule has 14 heavy (non-hydrogen) atoms. The molecule has 0 saturated carbocycles. The number of anilines is 1. The van der Waals surface area contributed by atoms with E-state index in [0.717, 1.165) is 0 Å². The van der Waals surface area contributed by atoms with Crippen molar-refractivity contribution in [2.45, 2.75) is 6.92 Å². The zero-order chi connectivity index (χ0) is 10.7. The van der Waals surface area contributed by atoms with Gasteiger partial charge in [0, 0.05) is 10.7 Å². The van der Waals surface area contributed by atoms with E-state index in [9.17, 15) is 9.59 Å². The third-order valence-corrected chi connectivity index (χ3v) is 2.15. The summed E-state index contributed by atoms with van der Waals surface area (Å²) in [5.74, 6) is -1.88. The van der Waals surface area contributed by atoms with E-state index in [4.69, 9.17) is 17.3 Å². The van der Waals surface area contributed by atoms with Gasteiger partial charge in [-0.15, -0.1) is 0 Å². The van der Waals surface area contributed by atoms with E-state index in [2.05, 4.69) is 5.32 Å². The summed E-state index contributed by atoms with van der Waals surface area (Å²) in [6, 6.07) is 5.00. The Morgan fingerprint density at radius 2 is 2.07 bits per heavy atom. The molecule has 0 aromatic heterocycles. The van der Waals surface area contributed by atoms with Gasteiger partial charge in [-0.05, 0) is 24.6 Å². The third-order valence-electron chi connectivity index (χ3n) is 1.74. The maximum Gasteiger partial charge on any atom is 0.313 e. The fraction of sp³-hybridized carbons (Fsp3) is 0.111. The van der Waals surface area contributed by atoms with Gasteiger partial charge in [-0.25, -0.2) is 0 Å². The van der Waals surface area contributed by atoms with Crippen LogP contribution in [0, 0.1) is 6.92 Å². The maximum absolute atomic E-state index is 10.9. The average molecular weight is 213 g/mol. The Hall–Kier alpha value is -1.55. The highest BCUT2D eigenvalue weighted by atomic mass is 35.5. The molecule has 5 heteroatoms. The number of primary amides is 1. The minimum atomic E-state index is -1.02. The molecule has 1 aromatic rings. The maximum atomic E-state index is 10.9. The van der Waals surface area contributed by atoms with Crippen LogP contribution in [0.5, 0.6) is 0 Å². The van der Waals surface area contributed by atoms with Gasteiger partial charge in [0.05, 0.1) is 0 Å². The molecule has 4 nitrogen and oxygen atoms in total. The third kappa shape index (κ3) is 2.23. The van der Waals surface area contributed by atoms with Crippen molar-refractivity contribution in [2.75, 3.05) is 5.32 Å². The predicted molar refractivity (Wildman–Crippen MR) is 54.0 cm³/mol. The summed E-state index contributed by atoms with van der Waals surface area (Å²) in [6.45, 7) is 1.74. The molecule has 2 amide bonds. The molecule has 1 aromatic carbocycles. The summed E-state index contributed by atoms with van der Waals surface area (Å²) in [5, 5.41) is 2.87. The number of nitrogens with one attached hydrogen (secondary N) is 1. The van der Waals surface area contributed by atoms with Crippen molar-refractivity contribution < 1.29 is 9.59 Å². The monoisotopic (exact) mass is 212 g/mol. The fourth-order valence-corrected chi connectivity index (χ4v) is 1.10. The molecule has 1 rings (SSSR count). The highest BCUT2D eigenvalue weighted by Crippen LogP contribution is 2.22. The number of rotatable bonds is 1. The summed E-state index contributed by atoms with van der Waals surface area (Å²) in [6.07, 6.45) is 0. The molecule has 0 saturated heterocycles. The molecular formula is C9H9ClN2O2. The van der Waals surface area contributed by atoms with E-state index < -0.39 is 11.8 Å². The van der Waals surface area contributed by atoms with Crippen molar-refractivity contribution >= 4 is 29.1 Å². The van der Waals surface area contributed by atoms with Crippen LogP contribution >= 0.6 is 11.6 Å². The largest absolute Gasteiger partial charge is 0.361 e. The molecule has 0 spiro atoms. The van der Waals surface area contributed by atoms with E-state index in [1.807, 2.05) is 0 Å². The van der Waals surface area contributed by atoms with E-state index in [1.54, 1.807) is 25.1 Å². The normalized spacial score (nSPS) is 9.57. The van der Waals surface area contributed by atoms with Crippen molar-refractivity contribution in [3.8, 4) is 0 Å². The molecule has 0 atom stereocenters. The lowest BCUT2D eigenvalue weighted by Crippen LogP contribution is -2.29. The minimum absolute atomic E-state index is 0.487. The average Bonchev–Trinajstić information content (AvgIpc) is 2.12. The topological polar surface area (TPSA) is 72.2 Å². The van der Waals surface area contributed by atoms with Gasteiger partial charge in [-0.1, -0.05) is 17.7 Å². The zero-order valence-corrected chi connectivity index (χ0v) is 8.26. The molecule has 0 heterocycles. The Kier molecular flexibility index (Phi) is 3.09. The molecule has 0 aliphatic carbocycles. The first-order valence-electron chi connectivity index (χ1n) is 3.88. The Morgan fingerprint density at radius 1 is 1.43 bits per heavy atom. The molecular weight excluding hydrogens is 204 g/mol. The van der Waals surface area contributed by atoms with E-state index >= 15 is 0 Å². The first-order chi connectivity index (χ1) is 6.52. The highest BCUT2D eigenvalue weighted by Gasteiger charge is 2.10. The summed E-state index contributed by atoms with van der Waals surface area (Å²) >= 11 is 5.81. The molecule has 0 bridgehead atoms. The number of carbonyl (C=O) groups is 2. The van der Waals surface area contributed by atoms with Crippen LogP contribution in [0.25, 0.3) is 0 Å². The van der Waals surface area contributed by atoms with E-state index in [1.165, 1.54) is 0 Å². The molecule has 3 N–H and O–H groups in total. The van der Waals surface area contributed by atoms with Gasteiger partial charge in [-0.3, -0.25) is 9.59 Å². The van der Waals surface area contributed by atoms with Crippen LogP contribution in [0.3, 0.4) is 0 Å². The van der Waals surface area contributed by atoms with Crippen molar-refractivity contribution in [3.63, 3.8) is 0 Å². The Balaban J connectivity index is 2.93. The van der Waals surface area contributed by atoms with Crippen LogP contribution in [0.1, 0.15) is 5.56 Å². The molecule has 0 aliphatic heterocycles. The van der Waals surface area contributed by atoms with Gasteiger partial charge in [0.2, 0.25) is 0 Å². The van der Waals surface area contributed by atoms with Crippen LogP contribution in [-0.4, -0.2) is 11.8 Å². The first-order valence-corrected chi connectivity index (χ1v) is 4.26. The smallest absolute Gasteiger partial charge is 0.313 e. The Morgan fingerprint density at radius 3 is 2.64 bits per heavy atom. The quantitative estimate of drug-likeness (QED) is 0.684. The van der Waals surface area contributed by atoms with Gasteiger partial charge in [0.25, 0.3) is 0 Å². The minimum Gasteiger partial charge on any atom is -0.361 e. The second-order valence-electron chi connectivity index (χ2n) is 2.73. The van der Waals surface area contributed by atoms with Crippen LogP contribution < -0.4 is 11.1 Å².